The van der Waals surface area contributed by atoms with Crippen molar-refractivity contribution >= 4 is 33.2 Å². The number of hydrogen-bond donors (Lipinski definition) is 0. The predicted molar refractivity (Wildman–Crippen MR) is 78.5 cm³/mol. The molecule has 0 aliphatic carbocycles. The van der Waals surface area contributed by atoms with Crippen LogP contribution in [0.4, 0.5) is 5.69 Å². The van der Waals surface area contributed by atoms with Gasteiger partial charge in [-0.25, -0.2) is 0 Å². The van der Waals surface area contributed by atoms with Crippen LogP contribution in [-0.4, -0.2) is 26.3 Å². The largest absolute Gasteiger partial charge is 0.380 e. The third-order valence-electron chi connectivity index (χ3n) is 2.60. The predicted octanol–water partition coefficient (Wildman–Crippen LogP) is 4.10. The molecule has 0 saturated carbocycles. The number of likely N-dealkylation sites (N-methyl/N-ethyl adjacent to an activating group) is 1. The van der Waals surface area contributed by atoms with Gasteiger partial charge in [-0.1, -0.05) is 33.6 Å². The first-order valence-electron chi connectivity index (χ1n) is 5.90. The molecule has 4 heteroatoms. The van der Waals surface area contributed by atoms with Gasteiger partial charge in [0.25, 0.3) is 0 Å². The van der Waals surface area contributed by atoms with E-state index in [2.05, 4.69) is 39.9 Å². The summed E-state index contributed by atoms with van der Waals surface area (Å²) in [5.41, 5.74) is 2.28. The highest BCUT2D eigenvalue weighted by Crippen LogP contribution is 2.27. The molecule has 1 aromatic carbocycles. The van der Waals surface area contributed by atoms with Crippen molar-refractivity contribution in [2.45, 2.75) is 19.2 Å². The molecule has 0 amide bonds. The molecule has 1 rings (SSSR count). The second kappa shape index (κ2) is 7.96. The molecule has 0 saturated heterocycles. The van der Waals surface area contributed by atoms with Gasteiger partial charge in [-0.15, -0.1) is 0 Å². The summed E-state index contributed by atoms with van der Waals surface area (Å²) in [5, 5.41) is 1.64. The highest BCUT2D eigenvalue weighted by atomic mass is 79.9. The van der Waals surface area contributed by atoms with Crippen LogP contribution in [0, 0.1) is 0 Å². The molecule has 0 unspecified atom stereocenters. The number of ether oxygens (including phenoxy) is 1. The molecule has 0 aliphatic heterocycles. The molecule has 1 aromatic rings. The smallest absolute Gasteiger partial charge is 0.0642 e. The Morgan fingerprint density at radius 2 is 2.12 bits per heavy atom. The summed E-state index contributed by atoms with van der Waals surface area (Å²) in [4.78, 5) is 2.23. The van der Waals surface area contributed by atoms with E-state index in [4.69, 9.17) is 16.3 Å². The SMILES string of the molecule is CCOCCN(CC)c1ccc(CBr)cc1Cl. The summed E-state index contributed by atoms with van der Waals surface area (Å²) >= 11 is 9.72. The molecule has 0 spiro atoms. The van der Waals surface area contributed by atoms with E-state index < -0.39 is 0 Å². The maximum absolute atomic E-state index is 6.29. The van der Waals surface area contributed by atoms with Crippen LogP contribution in [-0.2, 0) is 10.1 Å². The molecule has 96 valence electrons. The molecular weight excluding hydrogens is 302 g/mol. The zero-order valence-corrected chi connectivity index (χ0v) is 12.7. The lowest BCUT2D eigenvalue weighted by Crippen LogP contribution is -2.27. The highest BCUT2D eigenvalue weighted by molar-refractivity contribution is 9.08. The minimum Gasteiger partial charge on any atom is -0.380 e. The Bertz CT molecular complexity index is 346. The van der Waals surface area contributed by atoms with Crippen molar-refractivity contribution in [3.8, 4) is 0 Å². The average Bonchev–Trinajstić information content (AvgIpc) is 2.35. The molecule has 0 aromatic heterocycles. The Morgan fingerprint density at radius 1 is 1.35 bits per heavy atom. The summed E-state index contributed by atoms with van der Waals surface area (Å²) in [7, 11) is 0. The number of nitrogens with zero attached hydrogens (tertiary/aromatic N) is 1. The van der Waals surface area contributed by atoms with Gasteiger partial charge in [-0.05, 0) is 31.5 Å². The van der Waals surface area contributed by atoms with Crippen LogP contribution >= 0.6 is 27.5 Å². The Hall–Kier alpha value is -0.250. The van der Waals surface area contributed by atoms with Crippen molar-refractivity contribution in [1.29, 1.82) is 0 Å². The van der Waals surface area contributed by atoms with Gasteiger partial charge in [0.15, 0.2) is 0 Å². The van der Waals surface area contributed by atoms with Gasteiger partial charge in [0.05, 0.1) is 17.3 Å². The molecule has 0 N–H and O–H groups in total. The molecule has 0 bridgehead atoms. The number of alkyl halides is 1. The normalized spacial score (nSPS) is 10.6. The second-order valence-corrected chi connectivity index (χ2v) is 4.66. The second-order valence-electron chi connectivity index (χ2n) is 3.70. The minimum atomic E-state index is 0.737. The first-order chi connectivity index (χ1) is 8.22. The first-order valence-corrected chi connectivity index (χ1v) is 7.39. The Labute approximate surface area is 117 Å². The van der Waals surface area contributed by atoms with Crippen molar-refractivity contribution in [3.05, 3.63) is 28.8 Å². The number of hydrogen-bond acceptors (Lipinski definition) is 2. The van der Waals surface area contributed by atoms with Gasteiger partial charge >= 0.3 is 0 Å². The van der Waals surface area contributed by atoms with Gasteiger partial charge in [-0.3, -0.25) is 0 Å². The van der Waals surface area contributed by atoms with Crippen LogP contribution < -0.4 is 4.90 Å². The quantitative estimate of drug-likeness (QED) is 0.554. The zero-order chi connectivity index (χ0) is 12.7. The third-order valence-corrected chi connectivity index (χ3v) is 3.55. The van der Waals surface area contributed by atoms with Crippen LogP contribution in [0.25, 0.3) is 0 Å². The van der Waals surface area contributed by atoms with Gasteiger partial charge in [-0.2, -0.15) is 0 Å². The van der Waals surface area contributed by atoms with Gasteiger partial charge < -0.3 is 9.64 Å². The van der Waals surface area contributed by atoms with E-state index >= 15 is 0 Å². The molecular formula is C13H19BrClNO. The van der Waals surface area contributed by atoms with Crippen LogP contribution in [0.3, 0.4) is 0 Å². The molecule has 0 atom stereocenters. The standard InChI is InChI=1S/C13H19BrClNO/c1-3-16(7-8-17-4-2)13-6-5-11(10-14)9-12(13)15/h5-6,9H,3-4,7-8,10H2,1-2H3. The van der Waals surface area contributed by atoms with E-state index in [-0.39, 0.29) is 0 Å². The summed E-state index contributed by atoms with van der Waals surface area (Å²) in [5.74, 6) is 0. The van der Waals surface area contributed by atoms with E-state index in [1.807, 2.05) is 13.0 Å². The lowest BCUT2D eigenvalue weighted by atomic mass is 10.2. The van der Waals surface area contributed by atoms with Crippen molar-refractivity contribution < 1.29 is 4.74 Å². The van der Waals surface area contributed by atoms with Crippen molar-refractivity contribution in [3.63, 3.8) is 0 Å². The van der Waals surface area contributed by atoms with Gasteiger partial charge in [0, 0.05) is 25.0 Å². The van der Waals surface area contributed by atoms with Crippen LogP contribution in [0.1, 0.15) is 19.4 Å². The Morgan fingerprint density at radius 3 is 2.65 bits per heavy atom. The van der Waals surface area contributed by atoms with Crippen molar-refractivity contribution in [2.75, 3.05) is 31.2 Å². The van der Waals surface area contributed by atoms with Crippen LogP contribution in [0.5, 0.6) is 0 Å². The summed E-state index contributed by atoms with van der Waals surface area (Å²) in [6.07, 6.45) is 0. The fourth-order valence-electron chi connectivity index (χ4n) is 1.66. The molecule has 0 fully saturated rings. The lowest BCUT2D eigenvalue weighted by Gasteiger charge is -2.24. The average molecular weight is 321 g/mol. The maximum Gasteiger partial charge on any atom is 0.0642 e. The number of anilines is 1. The van der Waals surface area contributed by atoms with Crippen molar-refractivity contribution in [2.24, 2.45) is 0 Å². The van der Waals surface area contributed by atoms with Gasteiger partial charge in [0.1, 0.15) is 0 Å². The number of halogens is 2. The van der Waals surface area contributed by atoms with Crippen LogP contribution in [0.2, 0.25) is 5.02 Å². The summed E-state index contributed by atoms with van der Waals surface area (Å²) < 4.78 is 5.38. The highest BCUT2D eigenvalue weighted by Gasteiger charge is 2.08. The summed E-state index contributed by atoms with van der Waals surface area (Å²) in [6.45, 7) is 7.43. The summed E-state index contributed by atoms with van der Waals surface area (Å²) in [6, 6.07) is 6.18. The van der Waals surface area contributed by atoms with E-state index in [1.54, 1.807) is 0 Å². The molecule has 17 heavy (non-hydrogen) atoms. The number of rotatable bonds is 7. The van der Waals surface area contributed by atoms with Gasteiger partial charge in [0.2, 0.25) is 0 Å². The molecule has 0 heterocycles. The lowest BCUT2D eigenvalue weighted by molar-refractivity contribution is 0.154. The Kier molecular flexibility index (Phi) is 6.93. The van der Waals surface area contributed by atoms with Crippen molar-refractivity contribution in [1.82, 2.24) is 0 Å². The third kappa shape index (κ3) is 4.49. The van der Waals surface area contributed by atoms with E-state index in [9.17, 15) is 0 Å². The van der Waals surface area contributed by atoms with E-state index in [0.29, 0.717) is 0 Å². The fourth-order valence-corrected chi connectivity index (χ4v) is 2.33. The number of benzene rings is 1. The van der Waals surface area contributed by atoms with Crippen LogP contribution in [0.15, 0.2) is 18.2 Å². The molecule has 0 radical (unpaired) electrons. The molecule has 2 nitrogen and oxygen atoms in total. The van der Waals surface area contributed by atoms with E-state index in [0.717, 1.165) is 42.3 Å². The topological polar surface area (TPSA) is 12.5 Å². The first kappa shape index (κ1) is 14.8. The fraction of sp³-hybridized carbons (Fsp3) is 0.538. The minimum absolute atomic E-state index is 0.737. The monoisotopic (exact) mass is 319 g/mol. The van der Waals surface area contributed by atoms with E-state index in [1.165, 1.54) is 5.56 Å². The Balaban J connectivity index is 2.73. The zero-order valence-electron chi connectivity index (χ0n) is 10.4. The maximum atomic E-state index is 6.29. The molecule has 0 aliphatic rings.